The quantitative estimate of drug-likeness (QED) is 0.898. The molecule has 1 saturated heterocycles. The third-order valence-corrected chi connectivity index (χ3v) is 4.35. The Labute approximate surface area is 125 Å². The zero-order chi connectivity index (χ0) is 13.8. The first-order chi connectivity index (χ1) is 9.11. The number of ether oxygens (including phenoxy) is 1. The molecule has 0 radical (unpaired) electrons. The first-order valence-corrected chi connectivity index (χ1v) is 7.98. The number of halogens is 1. The summed E-state index contributed by atoms with van der Waals surface area (Å²) < 4.78 is 6.86. The molecule has 0 spiro atoms. The van der Waals surface area contributed by atoms with Crippen LogP contribution in [0.25, 0.3) is 0 Å². The van der Waals surface area contributed by atoms with Gasteiger partial charge in [-0.1, -0.05) is 29.8 Å². The molecule has 0 aromatic heterocycles. The first-order valence-electron chi connectivity index (χ1n) is 7.18. The van der Waals surface area contributed by atoms with Gasteiger partial charge in [0, 0.05) is 4.47 Å². The first kappa shape index (κ1) is 14.9. The highest BCUT2D eigenvalue weighted by atomic mass is 79.9. The maximum Gasteiger partial charge on any atom is 0.125 e. The summed E-state index contributed by atoms with van der Waals surface area (Å²) >= 11 is 3.64. The van der Waals surface area contributed by atoms with Crippen LogP contribution in [-0.2, 0) is 6.42 Å². The van der Waals surface area contributed by atoms with Crippen molar-refractivity contribution >= 4 is 15.9 Å². The van der Waals surface area contributed by atoms with Gasteiger partial charge in [0.05, 0.1) is 7.11 Å². The predicted octanol–water partition coefficient (Wildman–Crippen LogP) is 4.12. The number of piperidine rings is 1. The third kappa shape index (κ3) is 3.73. The maximum atomic E-state index is 5.69. The Kier molecular flexibility index (Phi) is 5.28. The summed E-state index contributed by atoms with van der Waals surface area (Å²) in [6, 6.07) is 4.41. The SMILES string of the molecule is COc1c(CC2CCCNC2)cc(Br)cc1C(C)C. The largest absolute Gasteiger partial charge is 0.496 e. The Morgan fingerprint density at radius 3 is 2.79 bits per heavy atom. The molecule has 1 aliphatic rings. The Morgan fingerprint density at radius 1 is 1.42 bits per heavy atom. The van der Waals surface area contributed by atoms with Gasteiger partial charge in [0.25, 0.3) is 0 Å². The Balaban J connectivity index is 2.27. The van der Waals surface area contributed by atoms with E-state index >= 15 is 0 Å². The summed E-state index contributed by atoms with van der Waals surface area (Å²) in [6.07, 6.45) is 3.72. The summed E-state index contributed by atoms with van der Waals surface area (Å²) in [5.41, 5.74) is 2.64. The molecule has 1 aliphatic heterocycles. The standard InChI is InChI=1S/C16H24BrNO/c1-11(2)15-9-14(17)8-13(16(15)19-3)7-12-5-4-6-18-10-12/h8-9,11-12,18H,4-7,10H2,1-3H3. The summed E-state index contributed by atoms with van der Waals surface area (Å²) in [5, 5.41) is 3.49. The molecular formula is C16H24BrNO. The van der Waals surface area contributed by atoms with Gasteiger partial charge in [-0.2, -0.15) is 0 Å². The molecular weight excluding hydrogens is 302 g/mol. The van der Waals surface area contributed by atoms with Crippen molar-refractivity contribution in [3.05, 3.63) is 27.7 Å². The lowest BCUT2D eigenvalue weighted by Crippen LogP contribution is -2.31. The number of methoxy groups -OCH3 is 1. The second-order valence-corrected chi connectivity index (χ2v) is 6.67. The highest BCUT2D eigenvalue weighted by Crippen LogP contribution is 2.35. The van der Waals surface area contributed by atoms with Crippen LogP contribution < -0.4 is 10.1 Å². The molecule has 1 unspecified atom stereocenters. The topological polar surface area (TPSA) is 21.3 Å². The van der Waals surface area contributed by atoms with Gasteiger partial charge in [-0.25, -0.2) is 0 Å². The number of hydrogen-bond acceptors (Lipinski definition) is 2. The van der Waals surface area contributed by atoms with Gasteiger partial charge in [-0.05, 0) is 67.4 Å². The lowest BCUT2D eigenvalue weighted by atomic mass is 9.89. The molecule has 2 nitrogen and oxygen atoms in total. The fraction of sp³-hybridized carbons (Fsp3) is 0.625. The Hall–Kier alpha value is -0.540. The van der Waals surface area contributed by atoms with Gasteiger partial charge in [-0.3, -0.25) is 0 Å². The number of nitrogens with one attached hydrogen (secondary N) is 1. The minimum absolute atomic E-state index is 0.482. The molecule has 1 N–H and O–H groups in total. The van der Waals surface area contributed by atoms with Gasteiger partial charge in [0.1, 0.15) is 5.75 Å². The van der Waals surface area contributed by atoms with E-state index in [0.717, 1.165) is 29.1 Å². The number of hydrogen-bond donors (Lipinski definition) is 1. The normalized spacial score (nSPS) is 19.7. The molecule has 0 bridgehead atoms. The van der Waals surface area contributed by atoms with E-state index in [1.807, 2.05) is 0 Å². The van der Waals surface area contributed by atoms with Crippen LogP contribution in [0, 0.1) is 5.92 Å². The van der Waals surface area contributed by atoms with E-state index in [1.54, 1.807) is 7.11 Å². The fourth-order valence-corrected chi connectivity index (χ4v) is 3.43. The van der Waals surface area contributed by atoms with Crippen molar-refractivity contribution in [2.75, 3.05) is 20.2 Å². The molecule has 0 aliphatic carbocycles. The molecule has 3 heteroatoms. The average molecular weight is 326 g/mol. The van der Waals surface area contributed by atoms with Gasteiger partial charge < -0.3 is 10.1 Å². The van der Waals surface area contributed by atoms with Gasteiger partial charge >= 0.3 is 0 Å². The van der Waals surface area contributed by atoms with Crippen LogP contribution in [0.3, 0.4) is 0 Å². The van der Waals surface area contributed by atoms with E-state index in [2.05, 4.69) is 47.2 Å². The molecule has 1 aromatic carbocycles. The lowest BCUT2D eigenvalue weighted by molar-refractivity contribution is 0.362. The van der Waals surface area contributed by atoms with Gasteiger partial charge in [-0.15, -0.1) is 0 Å². The molecule has 1 fully saturated rings. The minimum atomic E-state index is 0.482. The molecule has 1 aromatic rings. The van der Waals surface area contributed by atoms with E-state index in [1.165, 1.54) is 30.5 Å². The molecule has 106 valence electrons. The van der Waals surface area contributed by atoms with Crippen LogP contribution in [0.5, 0.6) is 5.75 Å². The van der Waals surface area contributed by atoms with Crippen molar-refractivity contribution in [3.63, 3.8) is 0 Å². The smallest absolute Gasteiger partial charge is 0.125 e. The van der Waals surface area contributed by atoms with E-state index < -0.39 is 0 Å². The fourth-order valence-electron chi connectivity index (χ4n) is 2.91. The van der Waals surface area contributed by atoms with E-state index in [-0.39, 0.29) is 0 Å². The minimum Gasteiger partial charge on any atom is -0.496 e. The lowest BCUT2D eigenvalue weighted by Gasteiger charge is -2.25. The maximum absolute atomic E-state index is 5.69. The molecule has 2 rings (SSSR count). The Bertz CT molecular complexity index is 425. The van der Waals surface area contributed by atoms with Gasteiger partial charge in [0.15, 0.2) is 0 Å². The van der Waals surface area contributed by atoms with Crippen molar-refractivity contribution in [1.29, 1.82) is 0 Å². The van der Waals surface area contributed by atoms with Crippen LogP contribution in [0.2, 0.25) is 0 Å². The van der Waals surface area contributed by atoms with E-state index in [4.69, 9.17) is 4.74 Å². The summed E-state index contributed by atoms with van der Waals surface area (Å²) in [4.78, 5) is 0. The monoisotopic (exact) mass is 325 g/mol. The van der Waals surface area contributed by atoms with Crippen LogP contribution in [-0.4, -0.2) is 20.2 Å². The second kappa shape index (κ2) is 6.76. The number of rotatable bonds is 4. The summed E-state index contributed by atoms with van der Waals surface area (Å²) in [7, 11) is 1.79. The van der Waals surface area contributed by atoms with Crippen LogP contribution >= 0.6 is 15.9 Å². The highest BCUT2D eigenvalue weighted by molar-refractivity contribution is 9.10. The highest BCUT2D eigenvalue weighted by Gasteiger charge is 2.19. The van der Waals surface area contributed by atoms with Crippen molar-refractivity contribution in [2.24, 2.45) is 5.92 Å². The average Bonchev–Trinajstić information content (AvgIpc) is 2.39. The van der Waals surface area contributed by atoms with Crippen molar-refractivity contribution < 1.29 is 4.74 Å². The van der Waals surface area contributed by atoms with E-state index in [9.17, 15) is 0 Å². The zero-order valence-corrected chi connectivity index (χ0v) is 13.7. The predicted molar refractivity (Wildman–Crippen MR) is 84.1 cm³/mol. The van der Waals surface area contributed by atoms with Crippen molar-refractivity contribution in [3.8, 4) is 5.75 Å². The molecule has 1 heterocycles. The van der Waals surface area contributed by atoms with Crippen LogP contribution in [0.4, 0.5) is 0 Å². The molecule has 0 saturated carbocycles. The van der Waals surface area contributed by atoms with Crippen LogP contribution in [0.1, 0.15) is 43.7 Å². The molecule has 0 amide bonds. The van der Waals surface area contributed by atoms with E-state index in [0.29, 0.717) is 5.92 Å². The molecule has 19 heavy (non-hydrogen) atoms. The third-order valence-electron chi connectivity index (χ3n) is 3.89. The Morgan fingerprint density at radius 2 is 2.21 bits per heavy atom. The van der Waals surface area contributed by atoms with Gasteiger partial charge in [0.2, 0.25) is 0 Å². The number of benzene rings is 1. The zero-order valence-electron chi connectivity index (χ0n) is 12.1. The van der Waals surface area contributed by atoms with Crippen molar-refractivity contribution in [1.82, 2.24) is 5.32 Å². The summed E-state index contributed by atoms with van der Waals surface area (Å²) in [5.74, 6) is 2.30. The second-order valence-electron chi connectivity index (χ2n) is 5.76. The molecule has 1 atom stereocenters. The summed E-state index contributed by atoms with van der Waals surface area (Å²) in [6.45, 7) is 6.74. The van der Waals surface area contributed by atoms with Crippen molar-refractivity contribution in [2.45, 2.75) is 39.0 Å². The van der Waals surface area contributed by atoms with Crippen LogP contribution in [0.15, 0.2) is 16.6 Å².